The summed E-state index contributed by atoms with van der Waals surface area (Å²) in [6.45, 7) is 0. The van der Waals surface area contributed by atoms with Gasteiger partial charge in [-0.15, -0.1) is 0 Å². The van der Waals surface area contributed by atoms with Crippen LogP contribution in [0.25, 0.3) is 0 Å². The molecule has 7 heteroatoms. The van der Waals surface area contributed by atoms with Gasteiger partial charge in [-0.3, -0.25) is 0 Å². The Labute approximate surface area is 176 Å². The van der Waals surface area contributed by atoms with Crippen LogP contribution in [-0.2, 0) is 34.6 Å². The summed E-state index contributed by atoms with van der Waals surface area (Å²) in [4.78, 5) is 16.2. The maximum Gasteiger partial charge on any atom is 0.373 e. The second-order valence-corrected chi connectivity index (χ2v) is 17.1. The molecule has 0 saturated carbocycles. The van der Waals surface area contributed by atoms with Crippen molar-refractivity contribution in [2.45, 2.75) is 68.7 Å². The van der Waals surface area contributed by atoms with Gasteiger partial charge in [0.1, 0.15) is 8.11 Å². The van der Waals surface area contributed by atoms with E-state index >= 15 is 0 Å². The van der Waals surface area contributed by atoms with Crippen LogP contribution >= 0.6 is 22.2 Å². The first-order valence-electron chi connectivity index (χ1n) is 8.96. The monoisotopic (exact) mass is 453 g/mol. The van der Waals surface area contributed by atoms with E-state index in [0.717, 1.165) is 0 Å². The van der Waals surface area contributed by atoms with E-state index in [0.29, 0.717) is 0 Å². The van der Waals surface area contributed by atoms with Crippen molar-refractivity contribution in [3.8, 4) is 0 Å². The topological polar surface area (TPSA) is 34.1 Å². The van der Waals surface area contributed by atoms with E-state index in [1.807, 2.05) is 0 Å². The van der Waals surface area contributed by atoms with Crippen molar-refractivity contribution in [2.24, 2.45) is 0 Å². The van der Waals surface area contributed by atoms with Gasteiger partial charge in [-0.2, -0.15) is 31.7 Å². The number of rotatable bonds is 6. The average molecular weight is 454 g/mol. The maximum absolute atomic E-state index is 8.12. The molecule has 2 aliphatic rings. The number of halogens is 2. The molecule has 1 aromatic carbocycles. The van der Waals surface area contributed by atoms with Gasteiger partial charge in [-0.05, 0) is 48.6 Å². The Morgan fingerprint density at radius 3 is 1.96 bits per heavy atom. The third-order valence-electron chi connectivity index (χ3n) is 4.72. The quantitative estimate of drug-likeness (QED) is 0.311. The fraction of sp³-hybridized carbons (Fsp3) is 0.611. The van der Waals surface area contributed by atoms with Crippen molar-refractivity contribution in [2.75, 3.05) is 0 Å². The number of unbranched alkanes of at least 4 members (excludes halogenated alkanes) is 2. The Balaban J connectivity index is 0.000000535. The van der Waals surface area contributed by atoms with Gasteiger partial charge in [0.05, 0.1) is 0 Å². The van der Waals surface area contributed by atoms with E-state index < -0.39 is 15.5 Å². The molecule has 0 N–H and O–H groups in total. The number of hydrogen-bond acceptors (Lipinski definition) is 2. The molecule has 0 spiro atoms. The summed E-state index contributed by atoms with van der Waals surface area (Å²) in [5.41, 5.74) is 1.48. The van der Waals surface area contributed by atoms with Crippen molar-refractivity contribution in [1.29, 1.82) is 0 Å². The Bertz CT molecular complexity index is 477. The van der Waals surface area contributed by atoms with Gasteiger partial charge < -0.3 is 0 Å². The normalized spacial score (nSPS) is 17.0. The molecule has 2 nitrogen and oxygen atoms in total. The molecular weight excluding hydrogens is 426 g/mol. The van der Waals surface area contributed by atoms with Gasteiger partial charge in [-0.1, -0.05) is 56.0 Å². The van der Waals surface area contributed by atoms with Crippen LogP contribution in [0.3, 0.4) is 0 Å². The van der Waals surface area contributed by atoms with Gasteiger partial charge in [-0.25, -0.2) is 0 Å². The van der Waals surface area contributed by atoms with Gasteiger partial charge in [0.15, 0.2) is 7.38 Å². The van der Waals surface area contributed by atoms with Crippen LogP contribution in [-0.4, -0.2) is 21.6 Å². The fourth-order valence-corrected chi connectivity index (χ4v) is 8.11. The summed E-state index contributed by atoms with van der Waals surface area (Å²) < 4.78 is 0. The Morgan fingerprint density at radius 2 is 1.56 bits per heavy atom. The number of benzene rings is 1. The first-order chi connectivity index (χ1) is 11.6. The van der Waals surface area contributed by atoms with Crippen LogP contribution in [0.1, 0.15) is 37.7 Å². The summed E-state index contributed by atoms with van der Waals surface area (Å²) in [5.74, 6) is 0. The summed E-state index contributed by atoms with van der Waals surface area (Å²) in [6.07, 6.45) is 8.35. The third-order valence-corrected chi connectivity index (χ3v) is 13.5. The zero-order valence-electron chi connectivity index (χ0n) is 14.8. The van der Waals surface area contributed by atoms with Gasteiger partial charge in [0, 0.05) is 18.6 Å². The maximum atomic E-state index is 8.12. The summed E-state index contributed by atoms with van der Waals surface area (Å²) >= 11 is 12.2. The van der Waals surface area contributed by atoms with Crippen molar-refractivity contribution >= 4 is 43.8 Å². The molecular formula is C18H28Cl2O2Si2V. The predicted molar refractivity (Wildman–Crippen MR) is 107 cm³/mol. The number of aryl methyl sites for hydroxylation is 1. The molecule has 0 bridgehead atoms. The molecule has 0 amide bonds. The molecule has 25 heavy (non-hydrogen) atoms. The van der Waals surface area contributed by atoms with E-state index in [-0.39, 0.29) is 24.7 Å². The summed E-state index contributed by atoms with van der Waals surface area (Å²) in [6, 6.07) is 17.7. The van der Waals surface area contributed by atoms with Crippen molar-refractivity contribution < 1.29 is 28.1 Å². The SMILES string of the molecule is Cl[SiH]1CCC1.Cl[Si]1(CCCCCc2ccccc2)CCC1.O=C=O.[V]. The molecule has 1 aromatic rings. The molecule has 2 aliphatic heterocycles. The minimum atomic E-state index is -1.15. The van der Waals surface area contributed by atoms with Crippen LogP contribution < -0.4 is 0 Å². The van der Waals surface area contributed by atoms with Gasteiger partial charge in [0.2, 0.25) is 0 Å². The molecule has 2 fully saturated rings. The van der Waals surface area contributed by atoms with Gasteiger partial charge >= 0.3 is 6.15 Å². The fourth-order valence-electron chi connectivity index (χ4n) is 2.76. The van der Waals surface area contributed by atoms with E-state index in [1.165, 1.54) is 74.3 Å². The Hall–Kier alpha value is 0.198. The van der Waals surface area contributed by atoms with Crippen molar-refractivity contribution in [3.05, 3.63) is 35.9 Å². The molecule has 2 saturated heterocycles. The van der Waals surface area contributed by atoms with Crippen LogP contribution in [0.15, 0.2) is 30.3 Å². The van der Waals surface area contributed by atoms with Gasteiger partial charge in [0.25, 0.3) is 0 Å². The minimum Gasteiger partial charge on any atom is -0.186 e. The molecule has 139 valence electrons. The second-order valence-electron chi connectivity index (χ2n) is 6.66. The van der Waals surface area contributed by atoms with Crippen LogP contribution in [0, 0.1) is 0 Å². The zero-order valence-corrected chi connectivity index (χ0v) is 19.8. The molecule has 0 atom stereocenters. The number of hydrogen-bond donors (Lipinski definition) is 0. The first kappa shape index (κ1) is 25.2. The first-order valence-corrected chi connectivity index (χ1v) is 16.0. The third kappa shape index (κ3) is 12.3. The molecule has 0 aromatic heterocycles. The Kier molecular flexibility index (Phi) is 15.4. The minimum absolute atomic E-state index is 0. The summed E-state index contributed by atoms with van der Waals surface area (Å²) in [5, 5.41) is 0. The standard InChI is InChI=1S/C14H21ClSi.C3H7ClSi.CO2.V/c15-16(12-7-13-16)11-6-2-5-10-14-8-3-1-4-9-14;4-5-2-1-3-5;2-1-3;/h1,3-4,8-9H,2,5-7,10-13H2;5H,1-3H2;;. The van der Waals surface area contributed by atoms with E-state index in [1.54, 1.807) is 0 Å². The van der Waals surface area contributed by atoms with Crippen LogP contribution in [0.4, 0.5) is 0 Å². The molecule has 3 rings (SSSR count). The molecule has 0 aliphatic carbocycles. The predicted octanol–water partition coefficient (Wildman–Crippen LogP) is 5.75. The van der Waals surface area contributed by atoms with Crippen LogP contribution in [0.2, 0.25) is 30.2 Å². The van der Waals surface area contributed by atoms with E-state index in [4.69, 9.17) is 31.7 Å². The molecule has 2 heterocycles. The Morgan fingerprint density at radius 1 is 1.00 bits per heavy atom. The smallest absolute Gasteiger partial charge is 0.186 e. The van der Waals surface area contributed by atoms with Crippen LogP contribution in [0.5, 0.6) is 0 Å². The van der Waals surface area contributed by atoms with Crippen molar-refractivity contribution in [3.63, 3.8) is 0 Å². The molecule has 1 radical (unpaired) electrons. The number of carbonyl (C=O) groups excluding carboxylic acids is 2. The summed E-state index contributed by atoms with van der Waals surface area (Å²) in [7, 11) is -1.65. The largest absolute Gasteiger partial charge is 0.373 e. The zero-order chi connectivity index (χ0) is 17.7. The second kappa shape index (κ2) is 15.3. The van der Waals surface area contributed by atoms with E-state index in [9.17, 15) is 0 Å². The molecule has 0 unspecified atom stereocenters. The van der Waals surface area contributed by atoms with E-state index in [2.05, 4.69) is 30.3 Å². The van der Waals surface area contributed by atoms with Crippen molar-refractivity contribution in [1.82, 2.24) is 0 Å². The average Bonchev–Trinajstić information content (AvgIpc) is 2.53.